The molecule has 1 aliphatic heterocycles. The van der Waals surface area contributed by atoms with E-state index in [-0.39, 0.29) is 11.6 Å². The Kier molecular flexibility index (Phi) is 3.32. The molecule has 0 radical (unpaired) electrons. The van der Waals surface area contributed by atoms with Crippen LogP contribution in [0.15, 0.2) is 76.9 Å². The number of carbonyl (C=O) groups is 2. The average Bonchev–Trinajstić information content (AvgIpc) is 2.51. The van der Waals surface area contributed by atoms with Gasteiger partial charge in [-0.05, 0) is 5.57 Å². The van der Waals surface area contributed by atoms with Crippen molar-refractivity contribution in [3.05, 3.63) is 83.0 Å². The van der Waals surface area contributed by atoms with Crippen molar-refractivity contribution < 1.29 is 9.59 Å². The van der Waals surface area contributed by atoms with E-state index in [1.807, 2.05) is 12.2 Å². The van der Waals surface area contributed by atoms with Crippen molar-refractivity contribution in [3.8, 4) is 0 Å². The standard InChI is InChI=1S/C18H13NO2/c1-12-7-3-2-6-10-19-11-15-16(12)18(21)14-9-5-4-8-13(14)17(15)20/h2-9,11H,1,10H2/b6-2-,7-3-,19-11?. The lowest BCUT2D eigenvalue weighted by Crippen LogP contribution is -2.23. The highest BCUT2D eigenvalue weighted by Crippen LogP contribution is 2.29. The molecule has 0 aromatic heterocycles. The molecule has 0 amide bonds. The number of fused-ring (bicyclic) bond motifs is 1. The largest absolute Gasteiger partial charge is 0.289 e. The number of Topliss-reactive ketones (excluding diaryl/α,β-unsaturated/α-hetero) is 2. The van der Waals surface area contributed by atoms with Crippen LogP contribution in [0.4, 0.5) is 0 Å². The Hall–Kier alpha value is -2.81. The molecule has 0 saturated heterocycles. The van der Waals surface area contributed by atoms with Crippen molar-refractivity contribution in [3.63, 3.8) is 0 Å². The Morgan fingerprint density at radius 2 is 1.71 bits per heavy atom. The maximum atomic E-state index is 12.7. The van der Waals surface area contributed by atoms with Crippen LogP contribution in [-0.4, -0.2) is 24.3 Å². The van der Waals surface area contributed by atoms with Crippen molar-refractivity contribution in [2.24, 2.45) is 4.99 Å². The normalized spacial score (nSPS) is 20.9. The van der Waals surface area contributed by atoms with Crippen LogP contribution in [0, 0.1) is 0 Å². The number of hydrogen-bond acceptors (Lipinski definition) is 3. The summed E-state index contributed by atoms with van der Waals surface area (Å²) in [5.74, 6) is -0.353. The van der Waals surface area contributed by atoms with Crippen LogP contribution in [0.3, 0.4) is 0 Å². The highest BCUT2D eigenvalue weighted by molar-refractivity contribution is 6.35. The zero-order valence-corrected chi connectivity index (χ0v) is 11.4. The van der Waals surface area contributed by atoms with E-state index in [2.05, 4.69) is 11.6 Å². The maximum absolute atomic E-state index is 12.7. The zero-order valence-electron chi connectivity index (χ0n) is 11.4. The van der Waals surface area contributed by atoms with Crippen LogP contribution in [-0.2, 0) is 0 Å². The quantitative estimate of drug-likeness (QED) is 0.730. The first kappa shape index (κ1) is 13.2. The molecule has 3 rings (SSSR count). The number of carbonyl (C=O) groups excluding carboxylic acids is 2. The molecule has 102 valence electrons. The molecule has 3 heteroatoms. The van der Waals surface area contributed by atoms with Crippen LogP contribution in [0.5, 0.6) is 0 Å². The third-order valence-corrected chi connectivity index (χ3v) is 3.45. The molecule has 0 fully saturated rings. The van der Waals surface area contributed by atoms with Gasteiger partial charge < -0.3 is 0 Å². The number of rotatable bonds is 0. The molecule has 1 heterocycles. The molecule has 2 aliphatic rings. The van der Waals surface area contributed by atoms with Gasteiger partial charge in [-0.3, -0.25) is 14.6 Å². The van der Waals surface area contributed by atoms with E-state index in [9.17, 15) is 9.59 Å². The summed E-state index contributed by atoms with van der Waals surface area (Å²) in [6, 6.07) is 6.85. The lowest BCUT2D eigenvalue weighted by molar-refractivity contribution is 0.0982. The molecule has 0 N–H and O–H groups in total. The number of hydrogen-bond donors (Lipinski definition) is 0. The molecule has 0 spiro atoms. The molecule has 3 nitrogen and oxygen atoms in total. The fourth-order valence-corrected chi connectivity index (χ4v) is 2.44. The van der Waals surface area contributed by atoms with E-state index < -0.39 is 0 Å². The number of benzene rings is 1. The minimum atomic E-state index is -0.178. The first-order valence-electron chi connectivity index (χ1n) is 6.65. The summed E-state index contributed by atoms with van der Waals surface area (Å²) in [6.45, 7) is 4.39. The van der Waals surface area contributed by atoms with Crippen molar-refractivity contribution >= 4 is 17.8 Å². The lowest BCUT2D eigenvalue weighted by atomic mass is 9.81. The minimum absolute atomic E-state index is 0.175. The Labute approximate surface area is 122 Å². The Balaban J connectivity index is 2.23. The number of aliphatic imine (C=N–C) groups is 1. The van der Waals surface area contributed by atoms with Gasteiger partial charge in [0.1, 0.15) is 0 Å². The third kappa shape index (κ3) is 2.23. The monoisotopic (exact) mass is 275 g/mol. The van der Waals surface area contributed by atoms with Crippen LogP contribution < -0.4 is 0 Å². The zero-order chi connectivity index (χ0) is 14.8. The van der Waals surface area contributed by atoms with E-state index in [0.29, 0.717) is 34.4 Å². The van der Waals surface area contributed by atoms with Gasteiger partial charge in [-0.15, -0.1) is 0 Å². The van der Waals surface area contributed by atoms with Gasteiger partial charge in [0.15, 0.2) is 11.6 Å². The lowest BCUT2D eigenvalue weighted by Gasteiger charge is -2.19. The summed E-state index contributed by atoms with van der Waals surface area (Å²) in [7, 11) is 0. The van der Waals surface area contributed by atoms with Gasteiger partial charge in [-0.2, -0.15) is 0 Å². The van der Waals surface area contributed by atoms with Gasteiger partial charge in [0, 0.05) is 22.9 Å². The summed E-state index contributed by atoms with van der Waals surface area (Å²) < 4.78 is 0. The Morgan fingerprint density at radius 3 is 2.48 bits per heavy atom. The topological polar surface area (TPSA) is 46.5 Å². The SMILES string of the molecule is C=C1/C=C\C=C/CN=CC2=C1C(=O)c1ccccc1C2=O. The molecule has 0 unspecified atom stereocenters. The van der Waals surface area contributed by atoms with Crippen molar-refractivity contribution in [1.29, 1.82) is 0 Å². The van der Waals surface area contributed by atoms with Gasteiger partial charge in [0.2, 0.25) is 0 Å². The number of ketones is 2. The molecule has 0 bridgehead atoms. The summed E-state index contributed by atoms with van der Waals surface area (Å²) >= 11 is 0. The van der Waals surface area contributed by atoms with Crippen LogP contribution in [0.2, 0.25) is 0 Å². The number of allylic oxidation sites excluding steroid dienone is 6. The maximum Gasteiger partial charge on any atom is 0.196 e. The minimum Gasteiger partial charge on any atom is -0.289 e. The van der Waals surface area contributed by atoms with Crippen LogP contribution in [0.1, 0.15) is 20.7 Å². The molecule has 21 heavy (non-hydrogen) atoms. The Bertz CT molecular complexity index is 776. The van der Waals surface area contributed by atoms with Crippen LogP contribution >= 0.6 is 0 Å². The van der Waals surface area contributed by atoms with Crippen LogP contribution in [0.25, 0.3) is 0 Å². The van der Waals surface area contributed by atoms with Crippen molar-refractivity contribution in [2.45, 2.75) is 0 Å². The number of nitrogens with zero attached hydrogens (tertiary/aromatic N) is 1. The van der Waals surface area contributed by atoms with E-state index in [4.69, 9.17) is 0 Å². The second kappa shape index (κ2) is 5.29. The Morgan fingerprint density at radius 1 is 1.00 bits per heavy atom. The second-order valence-electron chi connectivity index (χ2n) is 4.80. The van der Waals surface area contributed by atoms with E-state index in [1.165, 1.54) is 6.21 Å². The highest BCUT2D eigenvalue weighted by Gasteiger charge is 2.31. The van der Waals surface area contributed by atoms with Gasteiger partial charge in [-0.1, -0.05) is 55.1 Å². The van der Waals surface area contributed by atoms with Crippen molar-refractivity contribution in [2.75, 3.05) is 6.54 Å². The predicted octanol–water partition coefficient (Wildman–Crippen LogP) is 3.12. The van der Waals surface area contributed by atoms with E-state index in [1.54, 1.807) is 36.4 Å². The van der Waals surface area contributed by atoms with E-state index >= 15 is 0 Å². The van der Waals surface area contributed by atoms with Crippen molar-refractivity contribution in [1.82, 2.24) is 0 Å². The molecule has 1 aromatic carbocycles. The molecular weight excluding hydrogens is 262 g/mol. The predicted molar refractivity (Wildman–Crippen MR) is 82.9 cm³/mol. The average molecular weight is 275 g/mol. The summed E-state index contributed by atoms with van der Waals surface area (Å²) in [4.78, 5) is 29.5. The molecule has 1 aliphatic carbocycles. The molecule has 0 atom stereocenters. The fourth-order valence-electron chi connectivity index (χ4n) is 2.44. The third-order valence-electron chi connectivity index (χ3n) is 3.45. The first-order chi connectivity index (χ1) is 10.2. The van der Waals surface area contributed by atoms with E-state index in [0.717, 1.165) is 0 Å². The van der Waals surface area contributed by atoms with Gasteiger partial charge in [-0.25, -0.2) is 0 Å². The summed E-state index contributed by atoms with van der Waals surface area (Å²) in [5.41, 5.74) is 2.04. The summed E-state index contributed by atoms with van der Waals surface area (Å²) in [5, 5.41) is 0. The van der Waals surface area contributed by atoms with Gasteiger partial charge >= 0.3 is 0 Å². The first-order valence-corrected chi connectivity index (χ1v) is 6.65. The van der Waals surface area contributed by atoms with Gasteiger partial charge in [0.25, 0.3) is 0 Å². The molecular formula is C18H13NO2. The summed E-state index contributed by atoms with van der Waals surface area (Å²) in [6.07, 6.45) is 8.74. The second-order valence-corrected chi connectivity index (χ2v) is 4.80. The van der Waals surface area contributed by atoms with Gasteiger partial charge in [0.05, 0.1) is 12.1 Å². The fraction of sp³-hybridized carbons (Fsp3) is 0.0556. The smallest absolute Gasteiger partial charge is 0.196 e. The highest BCUT2D eigenvalue weighted by atomic mass is 16.1. The molecule has 1 aromatic rings. The molecule has 0 saturated carbocycles.